The highest BCUT2D eigenvalue weighted by Crippen LogP contribution is 2.30. The summed E-state index contributed by atoms with van der Waals surface area (Å²) < 4.78 is 5.50. The number of pyridine rings is 1. The second-order valence-corrected chi connectivity index (χ2v) is 5.82. The van der Waals surface area contributed by atoms with E-state index in [0.717, 1.165) is 36.0 Å². The van der Waals surface area contributed by atoms with Gasteiger partial charge in [0.2, 0.25) is 11.7 Å². The standard InChI is InChI=1S/C16H16N4O/c1-16(6-8-17-10-16)15-19-14(20-21-15)12-4-5-13-11(9-12)3-2-7-18-13/h2-5,7,9,17H,6,8,10H2,1H3. The molecule has 1 saturated heterocycles. The van der Waals surface area contributed by atoms with Crippen molar-refractivity contribution in [3.63, 3.8) is 0 Å². The highest BCUT2D eigenvalue weighted by Gasteiger charge is 2.36. The molecule has 2 aromatic heterocycles. The van der Waals surface area contributed by atoms with Crippen LogP contribution in [0.1, 0.15) is 19.2 Å². The maximum atomic E-state index is 5.50. The predicted octanol–water partition coefficient (Wildman–Crippen LogP) is 2.54. The van der Waals surface area contributed by atoms with E-state index in [1.165, 1.54) is 0 Å². The van der Waals surface area contributed by atoms with Gasteiger partial charge < -0.3 is 9.84 Å². The van der Waals surface area contributed by atoms with Gasteiger partial charge in [-0.15, -0.1) is 0 Å². The Bertz CT molecular complexity index is 790. The van der Waals surface area contributed by atoms with Crippen LogP contribution in [0.4, 0.5) is 0 Å². The van der Waals surface area contributed by atoms with Crippen LogP contribution in [0.5, 0.6) is 0 Å². The SMILES string of the molecule is CC1(c2nc(-c3ccc4ncccc4c3)no2)CCNC1. The quantitative estimate of drug-likeness (QED) is 0.781. The maximum absolute atomic E-state index is 5.50. The minimum atomic E-state index is -0.0519. The van der Waals surface area contributed by atoms with E-state index in [4.69, 9.17) is 4.52 Å². The van der Waals surface area contributed by atoms with Crippen molar-refractivity contribution in [3.8, 4) is 11.4 Å². The molecule has 3 heterocycles. The van der Waals surface area contributed by atoms with Crippen molar-refractivity contribution in [2.24, 2.45) is 0 Å². The number of nitrogens with one attached hydrogen (secondary N) is 1. The predicted molar refractivity (Wildman–Crippen MR) is 79.9 cm³/mol. The zero-order chi connectivity index (χ0) is 14.3. The van der Waals surface area contributed by atoms with Crippen LogP contribution in [0.2, 0.25) is 0 Å². The molecule has 0 spiro atoms. The van der Waals surface area contributed by atoms with E-state index in [9.17, 15) is 0 Å². The number of fused-ring (bicyclic) bond motifs is 1. The molecule has 1 aliphatic rings. The van der Waals surface area contributed by atoms with Gasteiger partial charge in [-0.25, -0.2) is 0 Å². The fourth-order valence-electron chi connectivity index (χ4n) is 2.80. The first-order chi connectivity index (χ1) is 10.2. The van der Waals surface area contributed by atoms with Gasteiger partial charge in [0.05, 0.1) is 10.9 Å². The summed E-state index contributed by atoms with van der Waals surface area (Å²) in [6, 6.07) is 9.99. The van der Waals surface area contributed by atoms with Crippen LogP contribution in [0, 0.1) is 0 Å². The van der Waals surface area contributed by atoms with Gasteiger partial charge in [-0.2, -0.15) is 4.98 Å². The Labute approximate surface area is 122 Å². The van der Waals surface area contributed by atoms with Crippen LogP contribution in [0.25, 0.3) is 22.3 Å². The fourth-order valence-corrected chi connectivity index (χ4v) is 2.80. The lowest BCUT2D eigenvalue weighted by Gasteiger charge is -2.15. The summed E-state index contributed by atoms with van der Waals surface area (Å²) in [5.74, 6) is 1.36. The molecule has 1 fully saturated rings. The summed E-state index contributed by atoms with van der Waals surface area (Å²) in [5, 5.41) is 8.58. The number of rotatable bonds is 2. The summed E-state index contributed by atoms with van der Waals surface area (Å²) >= 11 is 0. The summed E-state index contributed by atoms with van der Waals surface area (Å²) in [6.07, 6.45) is 2.82. The van der Waals surface area contributed by atoms with Gasteiger partial charge in [-0.3, -0.25) is 4.98 Å². The average molecular weight is 280 g/mol. The van der Waals surface area contributed by atoms with Crippen LogP contribution >= 0.6 is 0 Å². The molecule has 1 aliphatic heterocycles. The number of benzene rings is 1. The molecule has 1 aromatic carbocycles. The van der Waals surface area contributed by atoms with Crippen molar-refractivity contribution in [1.29, 1.82) is 0 Å². The van der Waals surface area contributed by atoms with E-state index < -0.39 is 0 Å². The lowest BCUT2D eigenvalue weighted by Crippen LogP contribution is -2.25. The molecule has 4 rings (SSSR count). The second-order valence-electron chi connectivity index (χ2n) is 5.82. The van der Waals surface area contributed by atoms with Crippen LogP contribution < -0.4 is 5.32 Å². The monoisotopic (exact) mass is 280 g/mol. The molecular formula is C16H16N4O. The summed E-state index contributed by atoms with van der Waals surface area (Å²) in [4.78, 5) is 8.93. The van der Waals surface area contributed by atoms with Crippen LogP contribution in [-0.4, -0.2) is 28.2 Å². The Hall–Kier alpha value is -2.27. The van der Waals surface area contributed by atoms with E-state index >= 15 is 0 Å². The molecule has 0 saturated carbocycles. The number of hydrogen-bond acceptors (Lipinski definition) is 5. The Morgan fingerprint density at radius 1 is 1.29 bits per heavy atom. The van der Waals surface area contributed by atoms with Crippen LogP contribution in [0.3, 0.4) is 0 Å². The minimum Gasteiger partial charge on any atom is -0.338 e. The van der Waals surface area contributed by atoms with Crippen molar-refractivity contribution in [3.05, 3.63) is 42.4 Å². The molecule has 5 heteroatoms. The Morgan fingerprint density at radius 3 is 3.10 bits per heavy atom. The summed E-state index contributed by atoms with van der Waals surface area (Å²) in [7, 11) is 0. The molecule has 106 valence electrons. The molecule has 21 heavy (non-hydrogen) atoms. The normalized spacial score (nSPS) is 22.0. The van der Waals surface area contributed by atoms with Gasteiger partial charge in [-0.1, -0.05) is 11.2 Å². The lowest BCUT2D eigenvalue weighted by molar-refractivity contribution is 0.306. The highest BCUT2D eigenvalue weighted by molar-refractivity contribution is 5.82. The van der Waals surface area contributed by atoms with Gasteiger partial charge in [-0.05, 0) is 44.2 Å². The molecule has 0 aliphatic carbocycles. The first-order valence-electron chi connectivity index (χ1n) is 7.15. The maximum Gasteiger partial charge on any atom is 0.234 e. The van der Waals surface area contributed by atoms with Crippen molar-refractivity contribution >= 4 is 10.9 Å². The van der Waals surface area contributed by atoms with E-state index in [1.54, 1.807) is 6.20 Å². The van der Waals surface area contributed by atoms with Crippen LogP contribution in [-0.2, 0) is 5.41 Å². The molecule has 3 aromatic rings. The van der Waals surface area contributed by atoms with Crippen molar-refractivity contribution in [2.75, 3.05) is 13.1 Å². The molecule has 1 unspecified atom stereocenters. The third-order valence-electron chi connectivity index (χ3n) is 4.17. The number of nitrogens with zero attached hydrogens (tertiary/aromatic N) is 3. The Balaban J connectivity index is 1.73. The van der Waals surface area contributed by atoms with Gasteiger partial charge in [0.1, 0.15) is 0 Å². The largest absolute Gasteiger partial charge is 0.338 e. The Kier molecular flexibility index (Phi) is 2.75. The molecule has 1 N–H and O–H groups in total. The van der Waals surface area contributed by atoms with E-state index in [2.05, 4.69) is 27.4 Å². The lowest BCUT2D eigenvalue weighted by atomic mass is 9.90. The third-order valence-corrected chi connectivity index (χ3v) is 4.17. The summed E-state index contributed by atoms with van der Waals surface area (Å²) in [5.41, 5.74) is 1.88. The Morgan fingerprint density at radius 2 is 2.24 bits per heavy atom. The summed E-state index contributed by atoms with van der Waals surface area (Å²) in [6.45, 7) is 4.04. The van der Waals surface area contributed by atoms with Gasteiger partial charge in [0, 0.05) is 23.7 Å². The number of hydrogen-bond donors (Lipinski definition) is 1. The van der Waals surface area contributed by atoms with Gasteiger partial charge in [0.25, 0.3) is 0 Å². The smallest absolute Gasteiger partial charge is 0.234 e. The molecule has 0 radical (unpaired) electrons. The first-order valence-corrected chi connectivity index (χ1v) is 7.15. The fraction of sp³-hybridized carbons (Fsp3) is 0.312. The van der Waals surface area contributed by atoms with Crippen molar-refractivity contribution in [1.82, 2.24) is 20.4 Å². The molecular weight excluding hydrogens is 264 g/mol. The van der Waals surface area contributed by atoms with Crippen molar-refractivity contribution < 1.29 is 4.52 Å². The van der Waals surface area contributed by atoms with Gasteiger partial charge >= 0.3 is 0 Å². The third kappa shape index (κ3) is 2.10. The topological polar surface area (TPSA) is 63.8 Å². The molecule has 5 nitrogen and oxygen atoms in total. The highest BCUT2D eigenvalue weighted by atomic mass is 16.5. The van der Waals surface area contributed by atoms with Gasteiger partial charge in [0.15, 0.2) is 0 Å². The minimum absolute atomic E-state index is 0.0519. The van der Waals surface area contributed by atoms with Crippen LogP contribution in [0.15, 0.2) is 41.1 Å². The first kappa shape index (κ1) is 12.5. The van der Waals surface area contributed by atoms with E-state index in [-0.39, 0.29) is 5.41 Å². The number of aromatic nitrogens is 3. The molecule has 0 bridgehead atoms. The second kappa shape index (κ2) is 4.63. The zero-order valence-corrected chi connectivity index (χ0v) is 11.8. The molecule has 1 atom stereocenters. The zero-order valence-electron chi connectivity index (χ0n) is 11.8. The average Bonchev–Trinajstić information content (AvgIpc) is 3.17. The molecule has 0 amide bonds. The van der Waals surface area contributed by atoms with E-state index in [0.29, 0.717) is 11.7 Å². The van der Waals surface area contributed by atoms with Crippen molar-refractivity contribution in [2.45, 2.75) is 18.8 Å². The van der Waals surface area contributed by atoms with E-state index in [1.807, 2.05) is 30.3 Å².